The second kappa shape index (κ2) is 6.70. The Kier molecular flexibility index (Phi) is 5.55. The molecule has 0 saturated carbocycles. The van der Waals surface area contributed by atoms with Crippen molar-refractivity contribution < 1.29 is 9.47 Å². The fourth-order valence-electron chi connectivity index (χ4n) is 1.82. The molecular weight excluding hydrogens is 232 g/mol. The number of ether oxygens (including phenoxy) is 2. The van der Waals surface area contributed by atoms with Crippen LogP contribution in [-0.2, 0) is 21.4 Å². The Labute approximate surface area is 108 Å². The smallest absolute Gasteiger partial charge is 0.169 e. The highest BCUT2D eigenvalue weighted by Crippen LogP contribution is 2.25. The van der Waals surface area contributed by atoms with E-state index in [9.17, 15) is 0 Å². The minimum atomic E-state index is -0.0511. The van der Waals surface area contributed by atoms with Gasteiger partial charge in [0.2, 0.25) is 0 Å². The lowest BCUT2D eigenvalue weighted by Gasteiger charge is -2.20. The molecule has 0 unspecified atom stereocenters. The third-order valence-corrected chi connectivity index (χ3v) is 2.56. The van der Waals surface area contributed by atoms with Gasteiger partial charge in [0.15, 0.2) is 5.82 Å². The summed E-state index contributed by atoms with van der Waals surface area (Å²) in [5.74, 6) is 0.516. The minimum absolute atomic E-state index is 0.0511. The molecule has 0 bridgehead atoms. The van der Waals surface area contributed by atoms with E-state index in [1.165, 1.54) is 0 Å². The number of methoxy groups -OCH3 is 1. The zero-order chi connectivity index (χ0) is 13.6. The summed E-state index contributed by atoms with van der Waals surface area (Å²) >= 11 is 0. The summed E-state index contributed by atoms with van der Waals surface area (Å²) in [7, 11) is 1.66. The maximum absolute atomic E-state index is 5.86. The van der Waals surface area contributed by atoms with Crippen LogP contribution in [-0.4, -0.2) is 41.9 Å². The second-order valence-electron chi connectivity index (χ2n) is 5.26. The molecule has 0 atom stereocenters. The van der Waals surface area contributed by atoms with Crippen LogP contribution in [0.3, 0.4) is 0 Å². The van der Waals surface area contributed by atoms with Crippen molar-refractivity contribution in [3.63, 3.8) is 0 Å². The van der Waals surface area contributed by atoms with Crippen molar-refractivity contribution >= 4 is 5.82 Å². The first kappa shape index (κ1) is 14.9. The molecule has 0 amide bonds. The third kappa shape index (κ3) is 4.27. The van der Waals surface area contributed by atoms with Gasteiger partial charge < -0.3 is 15.2 Å². The number of aromatic nitrogens is 3. The van der Waals surface area contributed by atoms with Crippen molar-refractivity contribution in [2.24, 2.45) is 0 Å². The van der Waals surface area contributed by atoms with Crippen LogP contribution in [0.4, 0.5) is 5.82 Å². The van der Waals surface area contributed by atoms with Gasteiger partial charge in [0.1, 0.15) is 0 Å². The standard InChI is InChI=1S/C12H24N4O2/c1-12(2,3)10-11(13)14-15-16(10)6-5-7-18-9-8-17-4/h5-9,13H2,1-4H3. The number of anilines is 1. The van der Waals surface area contributed by atoms with Crippen LogP contribution in [0.1, 0.15) is 32.9 Å². The molecule has 1 aromatic rings. The first-order valence-corrected chi connectivity index (χ1v) is 6.23. The molecule has 1 aromatic heterocycles. The predicted octanol–water partition coefficient (Wildman–Crippen LogP) is 1.21. The summed E-state index contributed by atoms with van der Waals surface area (Å²) in [5.41, 5.74) is 6.79. The number of nitrogen functional groups attached to an aromatic ring is 1. The average molecular weight is 256 g/mol. The van der Waals surface area contributed by atoms with Crippen molar-refractivity contribution in [3.8, 4) is 0 Å². The van der Waals surface area contributed by atoms with Crippen LogP contribution >= 0.6 is 0 Å². The highest BCUT2D eigenvalue weighted by atomic mass is 16.5. The molecular formula is C12H24N4O2. The number of hydrogen-bond donors (Lipinski definition) is 1. The first-order valence-electron chi connectivity index (χ1n) is 6.23. The van der Waals surface area contributed by atoms with E-state index in [1.54, 1.807) is 7.11 Å². The Morgan fingerprint density at radius 3 is 2.56 bits per heavy atom. The Morgan fingerprint density at radius 2 is 1.94 bits per heavy atom. The van der Waals surface area contributed by atoms with Gasteiger partial charge in [-0.05, 0) is 6.42 Å². The number of rotatable bonds is 7. The Balaban J connectivity index is 2.43. The molecule has 0 aromatic carbocycles. The summed E-state index contributed by atoms with van der Waals surface area (Å²) in [6.07, 6.45) is 0.885. The van der Waals surface area contributed by atoms with E-state index in [0.29, 0.717) is 25.6 Å². The molecule has 104 valence electrons. The quantitative estimate of drug-likeness (QED) is 0.742. The average Bonchev–Trinajstić information content (AvgIpc) is 2.64. The van der Waals surface area contributed by atoms with Gasteiger partial charge in [0, 0.05) is 25.7 Å². The molecule has 1 rings (SSSR count). The monoisotopic (exact) mass is 256 g/mol. The van der Waals surface area contributed by atoms with E-state index >= 15 is 0 Å². The van der Waals surface area contributed by atoms with Crippen molar-refractivity contribution in [1.82, 2.24) is 15.0 Å². The number of aryl methyl sites for hydroxylation is 1. The summed E-state index contributed by atoms with van der Waals surface area (Å²) in [6, 6.07) is 0. The zero-order valence-electron chi connectivity index (χ0n) is 11.8. The van der Waals surface area contributed by atoms with Crippen LogP contribution in [0, 0.1) is 0 Å². The van der Waals surface area contributed by atoms with Crippen molar-refractivity contribution in [3.05, 3.63) is 5.69 Å². The van der Waals surface area contributed by atoms with Gasteiger partial charge in [-0.25, -0.2) is 4.68 Å². The molecule has 6 heteroatoms. The highest BCUT2D eigenvalue weighted by Gasteiger charge is 2.23. The maximum Gasteiger partial charge on any atom is 0.169 e. The lowest BCUT2D eigenvalue weighted by Crippen LogP contribution is -2.20. The van der Waals surface area contributed by atoms with Crippen LogP contribution < -0.4 is 5.73 Å². The lowest BCUT2D eigenvalue weighted by molar-refractivity contribution is 0.0675. The van der Waals surface area contributed by atoms with Gasteiger partial charge in [-0.2, -0.15) is 0 Å². The van der Waals surface area contributed by atoms with Crippen molar-refractivity contribution in [2.45, 2.75) is 39.2 Å². The summed E-state index contributed by atoms with van der Waals surface area (Å²) in [4.78, 5) is 0. The fraction of sp³-hybridized carbons (Fsp3) is 0.833. The van der Waals surface area contributed by atoms with Crippen molar-refractivity contribution in [2.75, 3.05) is 32.7 Å². The molecule has 2 N–H and O–H groups in total. The predicted molar refractivity (Wildman–Crippen MR) is 70.4 cm³/mol. The van der Waals surface area contributed by atoms with E-state index in [0.717, 1.165) is 18.7 Å². The third-order valence-electron chi connectivity index (χ3n) is 2.56. The topological polar surface area (TPSA) is 75.2 Å². The van der Waals surface area contributed by atoms with E-state index in [-0.39, 0.29) is 5.41 Å². The molecule has 1 heterocycles. The second-order valence-corrected chi connectivity index (χ2v) is 5.26. The van der Waals surface area contributed by atoms with Crippen LogP contribution in [0.25, 0.3) is 0 Å². The van der Waals surface area contributed by atoms with Crippen LogP contribution in [0.15, 0.2) is 0 Å². The summed E-state index contributed by atoms with van der Waals surface area (Å²) in [5, 5.41) is 8.02. The van der Waals surface area contributed by atoms with Gasteiger partial charge in [-0.15, -0.1) is 5.10 Å². The Hall–Kier alpha value is -1.14. The lowest BCUT2D eigenvalue weighted by atomic mass is 9.92. The minimum Gasteiger partial charge on any atom is -0.382 e. The molecule has 0 aliphatic heterocycles. The molecule has 0 radical (unpaired) electrons. The Morgan fingerprint density at radius 1 is 1.22 bits per heavy atom. The van der Waals surface area contributed by atoms with E-state index < -0.39 is 0 Å². The van der Waals surface area contributed by atoms with Gasteiger partial charge >= 0.3 is 0 Å². The van der Waals surface area contributed by atoms with E-state index in [1.807, 2.05) is 4.68 Å². The highest BCUT2D eigenvalue weighted by molar-refractivity contribution is 5.37. The molecule has 0 spiro atoms. The zero-order valence-corrected chi connectivity index (χ0v) is 11.8. The largest absolute Gasteiger partial charge is 0.382 e. The van der Waals surface area contributed by atoms with Gasteiger partial charge in [0.25, 0.3) is 0 Å². The summed E-state index contributed by atoms with van der Waals surface area (Å²) in [6.45, 7) is 9.02. The molecule has 0 saturated heterocycles. The number of nitrogens with zero attached hydrogens (tertiary/aromatic N) is 3. The molecule has 0 fully saturated rings. The molecule has 6 nitrogen and oxygen atoms in total. The van der Waals surface area contributed by atoms with Gasteiger partial charge in [0.05, 0.1) is 18.9 Å². The maximum atomic E-state index is 5.86. The van der Waals surface area contributed by atoms with Gasteiger partial charge in [-0.1, -0.05) is 26.0 Å². The first-order chi connectivity index (χ1) is 8.46. The SMILES string of the molecule is COCCOCCCn1nnc(N)c1C(C)(C)C. The number of nitrogens with two attached hydrogens (primary N) is 1. The van der Waals surface area contributed by atoms with E-state index in [2.05, 4.69) is 31.1 Å². The van der Waals surface area contributed by atoms with Crippen LogP contribution in [0.5, 0.6) is 0 Å². The van der Waals surface area contributed by atoms with Crippen molar-refractivity contribution in [1.29, 1.82) is 0 Å². The number of hydrogen-bond acceptors (Lipinski definition) is 5. The molecule has 0 aliphatic rings. The Bertz CT molecular complexity index is 357. The fourth-order valence-corrected chi connectivity index (χ4v) is 1.82. The molecule has 18 heavy (non-hydrogen) atoms. The normalized spacial score (nSPS) is 12.0. The van der Waals surface area contributed by atoms with Crippen LogP contribution in [0.2, 0.25) is 0 Å². The van der Waals surface area contributed by atoms with E-state index in [4.69, 9.17) is 15.2 Å². The summed E-state index contributed by atoms with van der Waals surface area (Å²) < 4.78 is 12.2. The van der Waals surface area contributed by atoms with Gasteiger partial charge in [-0.3, -0.25) is 0 Å². The molecule has 0 aliphatic carbocycles.